The Hall–Kier alpha value is -5.81. The van der Waals surface area contributed by atoms with Gasteiger partial charge in [0.2, 0.25) is 35.9 Å². The number of nitrogens with zero attached hydrogens (tertiary/aromatic N) is 4. The van der Waals surface area contributed by atoms with Gasteiger partial charge in [0.05, 0.1) is 38.6 Å². The van der Waals surface area contributed by atoms with Crippen LogP contribution in [0.15, 0.2) is 24.3 Å². The number of nitrogens with two attached hydrogens (primary N) is 1. The highest BCUT2D eigenvalue weighted by atomic mass is 32.2. The van der Waals surface area contributed by atoms with Gasteiger partial charge >= 0.3 is 11.9 Å². The zero-order valence-electron chi connectivity index (χ0n) is 57.4. The Balaban J connectivity index is -0.000000201. The lowest BCUT2D eigenvalue weighted by atomic mass is 10.1. The van der Waals surface area contributed by atoms with Crippen LogP contribution < -0.4 is 21.1 Å². The topological polar surface area (TPSA) is 302 Å². The number of primary amides is 1. The van der Waals surface area contributed by atoms with Crippen molar-refractivity contribution in [3.8, 4) is 5.75 Å². The number of ether oxygens (including phenoxy) is 3. The summed E-state index contributed by atoms with van der Waals surface area (Å²) < 4.78 is 14.6. The largest absolute Gasteiger partial charge is 0.497 e. The summed E-state index contributed by atoms with van der Waals surface area (Å²) in [7, 11) is 4.39. The van der Waals surface area contributed by atoms with Crippen LogP contribution in [0, 0.1) is 24.7 Å². The van der Waals surface area contributed by atoms with Crippen LogP contribution in [0.5, 0.6) is 5.75 Å². The summed E-state index contributed by atoms with van der Waals surface area (Å²) in [5.74, 6) is -3.91. The molecule has 23 heteroatoms. The summed E-state index contributed by atoms with van der Waals surface area (Å²) in [6.45, 7) is 35.8. The molecule has 86 heavy (non-hydrogen) atoms. The molecular weight excluding hydrogens is 1130 g/mol. The number of methoxy groups -OCH3 is 1. The molecule has 3 rings (SSSR count). The second kappa shape index (κ2) is 62.2. The number of likely N-dealkylation sites (N-methyl/N-ethyl adjacent to an activating group) is 2. The number of hydrogen-bond acceptors (Lipinski definition) is 16. The van der Waals surface area contributed by atoms with Crippen molar-refractivity contribution in [2.45, 2.75) is 207 Å². The third-order valence-corrected chi connectivity index (χ3v) is 10.3. The van der Waals surface area contributed by atoms with Crippen LogP contribution in [0.3, 0.4) is 0 Å². The summed E-state index contributed by atoms with van der Waals surface area (Å²) in [6, 6.07) is 5.84. The van der Waals surface area contributed by atoms with Crippen LogP contribution in [0.1, 0.15) is 181 Å². The Morgan fingerprint density at radius 3 is 1.70 bits per heavy atom. The standard InChI is InChI=1S/C18H29N5O8.C18H30N2O6.C8H10O.2C4H10.C3H8.C2H6S.3C2H6/c1-11(25)17(29)23-6-4-5-13(23)18(30)22(3)7-14(26)20-12(16(19)28)9-31-15(27)8-21(2)10-24;1-3-4-7-14(21)10-17(24)26-12-15(22)13(2)18(25)19-11-16(23)20-8-5-6-9-20;1-7-3-5-8(9-2)6-4-7;2*1-4(2)3;2*1-3-2;3*1-2/h10-13,25H,4-9H2,1-3H3,(H2,19,28)(H,20,26);13-14,21H,3-12H2,1-2H3,(H,19,25);3-6H,1-2H3;2*4H,1-3H3;3H2,1-2H3;1-2H3;3*1-2H3. The highest BCUT2D eigenvalue weighted by molar-refractivity contribution is 7.97. The molecule has 6 N–H and O–H groups in total. The van der Waals surface area contributed by atoms with Crippen LogP contribution >= 0.6 is 11.8 Å². The molecule has 0 spiro atoms. The number of rotatable bonds is 23. The molecule has 2 fully saturated rings. The number of benzene rings is 1. The first kappa shape index (κ1) is 93.9. The van der Waals surface area contributed by atoms with Crippen molar-refractivity contribution in [3.05, 3.63) is 29.8 Å². The summed E-state index contributed by atoms with van der Waals surface area (Å²) in [5.41, 5.74) is 6.47. The number of aryl methyl sites for hydroxylation is 1. The van der Waals surface area contributed by atoms with Crippen LogP contribution in [0.4, 0.5) is 0 Å². The van der Waals surface area contributed by atoms with E-state index in [1.807, 2.05) is 85.2 Å². The lowest BCUT2D eigenvalue weighted by molar-refractivity contribution is -0.152. The number of Topliss-reactive ketones (excluding diaryl/α,β-unsaturated/α-hetero) is 1. The molecule has 7 amide bonds. The first-order chi connectivity index (χ1) is 40.4. The smallest absolute Gasteiger partial charge is 0.325 e. The summed E-state index contributed by atoms with van der Waals surface area (Å²) >= 11 is 1.75. The molecule has 2 saturated heterocycles. The molecule has 2 aliphatic heterocycles. The Bertz CT molecular complexity index is 1910. The van der Waals surface area contributed by atoms with E-state index in [4.69, 9.17) is 19.9 Å². The van der Waals surface area contributed by atoms with Crippen molar-refractivity contribution in [2.24, 2.45) is 23.5 Å². The number of aliphatic hydroxyl groups is 2. The minimum absolute atomic E-state index is 0.139. The van der Waals surface area contributed by atoms with E-state index < -0.39 is 97.2 Å². The van der Waals surface area contributed by atoms with Gasteiger partial charge in [0, 0.05) is 33.7 Å². The van der Waals surface area contributed by atoms with Crippen molar-refractivity contribution in [1.29, 1.82) is 0 Å². The monoisotopic (exact) mass is 1250 g/mol. The summed E-state index contributed by atoms with van der Waals surface area (Å²) in [5, 5.41) is 23.9. The number of likely N-dealkylation sites (tertiary alicyclic amines) is 2. The van der Waals surface area contributed by atoms with E-state index in [2.05, 4.69) is 72.9 Å². The van der Waals surface area contributed by atoms with Crippen LogP contribution in [-0.4, -0.2) is 200 Å². The highest BCUT2D eigenvalue weighted by Gasteiger charge is 2.37. The molecule has 504 valence electrons. The molecule has 2 aliphatic rings. The number of esters is 2. The van der Waals surface area contributed by atoms with Gasteiger partial charge in [0.25, 0.3) is 5.91 Å². The van der Waals surface area contributed by atoms with Gasteiger partial charge in [-0.1, -0.05) is 141 Å². The predicted octanol–water partition coefficient (Wildman–Crippen LogP) is 7.64. The van der Waals surface area contributed by atoms with E-state index >= 15 is 0 Å². The Morgan fingerprint density at radius 2 is 1.27 bits per heavy atom. The summed E-state index contributed by atoms with van der Waals surface area (Å²) in [6.07, 6.45) is 8.70. The Kier molecular flexibility index (Phi) is 68.0. The number of nitrogens with one attached hydrogen (secondary N) is 2. The van der Waals surface area contributed by atoms with Crippen LogP contribution in [-0.2, 0) is 57.4 Å². The molecule has 0 bridgehead atoms. The number of ketones is 1. The zero-order chi connectivity index (χ0) is 68.5. The van der Waals surface area contributed by atoms with E-state index in [9.17, 15) is 58.2 Å². The van der Waals surface area contributed by atoms with E-state index in [-0.39, 0.29) is 25.4 Å². The normalized spacial score (nSPS) is 13.5. The third kappa shape index (κ3) is 54.8. The lowest BCUT2D eigenvalue weighted by Gasteiger charge is -2.28. The van der Waals surface area contributed by atoms with Crippen molar-refractivity contribution < 1.29 is 72.4 Å². The highest BCUT2D eigenvalue weighted by Crippen LogP contribution is 2.20. The molecule has 0 aromatic heterocycles. The van der Waals surface area contributed by atoms with Gasteiger partial charge < -0.3 is 60.4 Å². The molecule has 0 aliphatic carbocycles. The molecule has 0 saturated carbocycles. The van der Waals surface area contributed by atoms with E-state index in [1.165, 1.54) is 44.8 Å². The molecule has 22 nitrogen and oxygen atoms in total. The molecule has 0 radical (unpaired) electrons. The van der Waals surface area contributed by atoms with Crippen molar-refractivity contribution >= 4 is 71.3 Å². The van der Waals surface area contributed by atoms with Crippen molar-refractivity contribution in [1.82, 2.24) is 30.2 Å². The van der Waals surface area contributed by atoms with E-state index in [0.29, 0.717) is 45.3 Å². The number of thioether (sulfide) groups is 1. The predicted molar refractivity (Wildman–Crippen MR) is 347 cm³/mol. The number of aliphatic hydroxyl groups excluding tert-OH is 2. The van der Waals surface area contributed by atoms with Crippen molar-refractivity contribution in [2.75, 3.05) is 86.2 Å². The average molecular weight is 1250 g/mol. The fraction of sp³-hybridized carbons (Fsp3) is 0.746. The van der Waals surface area contributed by atoms with E-state index in [1.54, 1.807) is 23.8 Å². The Labute approximate surface area is 523 Å². The minimum Gasteiger partial charge on any atom is -0.497 e. The van der Waals surface area contributed by atoms with Gasteiger partial charge in [-0.05, 0) is 89.4 Å². The number of amides is 7. The maximum Gasteiger partial charge on any atom is 0.325 e. The van der Waals surface area contributed by atoms with Gasteiger partial charge in [-0.25, -0.2) is 0 Å². The number of carbonyl (C=O) groups excluding carboxylic acids is 10. The molecule has 2 heterocycles. The number of unbranched alkanes of at least 4 members (excludes halogenated alkanes) is 1. The minimum atomic E-state index is -1.33. The molecule has 1 aromatic carbocycles. The van der Waals surface area contributed by atoms with Crippen LogP contribution in [0.25, 0.3) is 0 Å². The first-order valence-electron chi connectivity index (χ1n) is 30.5. The lowest BCUT2D eigenvalue weighted by Crippen LogP contribution is -2.53. The van der Waals surface area contributed by atoms with Gasteiger partial charge in [-0.3, -0.25) is 47.9 Å². The molecule has 1 aromatic rings. The third-order valence-electron chi connectivity index (χ3n) is 10.3. The maximum absolute atomic E-state index is 12.7. The first-order valence-corrected chi connectivity index (χ1v) is 32.1. The number of hydrogen-bond donors (Lipinski definition) is 5. The molecule has 5 atom stereocenters. The van der Waals surface area contributed by atoms with Crippen LogP contribution in [0.2, 0.25) is 0 Å². The fourth-order valence-electron chi connectivity index (χ4n) is 6.26. The van der Waals surface area contributed by atoms with Gasteiger partial charge in [0.15, 0.2) is 12.4 Å². The van der Waals surface area contributed by atoms with Gasteiger partial charge in [-0.15, -0.1) is 0 Å². The Morgan fingerprint density at radius 1 is 0.779 bits per heavy atom. The van der Waals surface area contributed by atoms with Crippen molar-refractivity contribution in [3.63, 3.8) is 0 Å². The van der Waals surface area contributed by atoms with E-state index in [0.717, 1.165) is 53.1 Å². The second-order valence-corrected chi connectivity index (χ2v) is 21.4. The zero-order valence-corrected chi connectivity index (χ0v) is 58.2. The van der Waals surface area contributed by atoms with Gasteiger partial charge in [-0.2, -0.15) is 11.8 Å². The second-order valence-electron chi connectivity index (χ2n) is 20.5. The average Bonchev–Trinajstić information content (AvgIpc) is 4.42. The maximum atomic E-state index is 12.7. The quantitative estimate of drug-likeness (QED) is 0.0399. The fourth-order valence-corrected chi connectivity index (χ4v) is 6.26. The SMILES string of the molecule is CC.CC.CC.CC(C)C.CC(C)C.CC(O)C(=O)N1CCCC1C(=O)N(C)CC(=O)NC(COC(=O)CN(C)C=O)C(N)=O.CCC.CCCCC(O)CC(=O)OCC(=O)C(C)C(=O)NCC(=O)N1CCCC1.COc1ccc(C)cc1.CSC. The molecular formula is C63H121N7O15S. The van der Waals surface area contributed by atoms with Gasteiger partial charge in [0.1, 0.15) is 37.1 Å². The summed E-state index contributed by atoms with van der Waals surface area (Å²) in [4.78, 5) is 123. The number of carbonyl (C=O) groups is 10. The molecule has 5 unspecified atom stereocenters.